The van der Waals surface area contributed by atoms with Crippen molar-refractivity contribution in [3.63, 3.8) is 0 Å². The normalized spacial score (nSPS) is 11.4. The van der Waals surface area contributed by atoms with Crippen molar-refractivity contribution in [2.45, 2.75) is 39.9 Å². The summed E-state index contributed by atoms with van der Waals surface area (Å²) >= 11 is 0. The van der Waals surface area contributed by atoms with Crippen molar-refractivity contribution in [1.29, 1.82) is 0 Å². The van der Waals surface area contributed by atoms with Crippen LogP contribution in [0.5, 0.6) is 0 Å². The molecule has 3 heteroatoms. The van der Waals surface area contributed by atoms with Crippen LogP contribution in [0.1, 0.15) is 32.3 Å². The van der Waals surface area contributed by atoms with Gasteiger partial charge in [-0.15, -0.1) is 6.58 Å². The Kier molecular flexibility index (Phi) is 6.01. The molecule has 0 saturated heterocycles. The zero-order chi connectivity index (χ0) is 12.7. The topological polar surface area (TPSA) is 28.4 Å². The lowest BCUT2D eigenvalue weighted by Gasteiger charge is -2.23. The van der Waals surface area contributed by atoms with Gasteiger partial charge in [0.25, 0.3) is 0 Å². The maximum absolute atomic E-state index is 5.77. The molecule has 96 valence electrons. The Balaban J connectivity index is 2.54. The molecule has 1 rings (SSSR count). The van der Waals surface area contributed by atoms with Gasteiger partial charge in [0.05, 0.1) is 13.1 Å². The highest BCUT2D eigenvalue weighted by atomic mass is 16.3. The molecule has 1 aromatic heterocycles. The Labute approximate surface area is 104 Å². The van der Waals surface area contributed by atoms with E-state index in [2.05, 4.69) is 43.6 Å². The quantitative estimate of drug-likeness (QED) is 0.704. The minimum absolute atomic E-state index is 0.496. The van der Waals surface area contributed by atoms with E-state index in [0.29, 0.717) is 6.04 Å². The number of nitrogens with zero attached hydrogens (tertiary/aromatic N) is 1. The lowest BCUT2D eigenvalue weighted by Crippen LogP contribution is -2.30. The van der Waals surface area contributed by atoms with Gasteiger partial charge in [-0.2, -0.15) is 0 Å². The first-order valence-corrected chi connectivity index (χ1v) is 6.30. The molecule has 0 bridgehead atoms. The molecule has 0 atom stereocenters. The third kappa shape index (κ3) is 4.75. The van der Waals surface area contributed by atoms with E-state index in [1.807, 2.05) is 12.1 Å². The number of rotatable bonds is 8. The molecule has 0 spiro atoms. The lowest BCUT2D eigenvalue weighted by atomic mass is 10.3. The van der Waals surface area contributed by atoms with Gasteiger partial charge in [-0.3, -0.25) is 4.90 Å². The van der Waals surface area contributed by atoms with Crippen molar-refractivity contribution in [3.8, 4) is 0 Å². The van der Waals surface area contributed by atoms with Crippen LogP contribution in [0.2, 0.25) is 0 Å². The fourth-order valence-corrected chi connectivity index (χ4v) is 1.67. The minimum atomic E-state index is 0.496. The van der Waals surface area contributed by atoms with Gasteiger partial charge >= 0.3 is 0 Å². The second-order valence-electron chi connectivity index (χ2n) is 4.46. The Morgan fingerprint density at radius 3 is 2.71 bits per heavy atom. The van der Waals surface area contributed by atoms with Gasteiger partial charge in [-0.25, -0.2) is 0 Å². The van der Waals surface area contributed by atoms with E-state index in [4.69, 9.17) is 4.42 Å². The third-order valence-electron chi connectivity index (χ3n) is 2.72. The maximum atomic E-state index is 5.77. The first kappa shape index (κ1) is 14.0. The van der Waals surface area contributed by atoms with Gasteiger partial charge in [-0.1, -0.05) is 13.0 Å². The highest BCUT2D eigenvalue weighted by Gasteiger charge is 2.10. The summed E-state index contributed by atoms with van der Waals surface area (Å²) in [7, 11) is 0. The highest BCUT2D eigenvalue weighted by molar-refractivity contribution is 5.07. The molecular weight excluding hydrogens is 212 g/mol. The summed E-state index contributed by atoms with van der Waals surface area (Å²) in [6.45, 7) is 13.8. The Bertz CT molecular complexity index is 331. The van der Waals surface area contributed by atoms with Crippen molar-refractivity contribution in [3.05, 3.63) is 36.3 Å². The summed E-state index contributed by atoms with van der Waals surface area (Å²) in [5, 5.41) is 3.26. The molecule has 1 aromatic rings. The van der Waals surface area contributed by atoms with E-state index >= 15 is 0 Å². The SMILES string of the molecule is C=CCN(Cc1ccc(CNCC)o1)C(C)C. The van der Waals surface area contributed by atoms with Crippen molar-refractivity contribution in [2.75, 3.05) is 13.1 Å². The molecule has 0 aliphatic carbocycles. The summed E-state index contributed by atoms with van der Waals surface area (Å²) in [6.07, 6.45) is 1.93. The lowest BCUT2D eigenvalue weighted by molar-refractivity contribution is 0.216. The van der Waals surface area contributed by atoms with Gasteiger partial charge in [0.2, 0.25) is 0 Å². The Morgan fingerprint density at radius 2 is 2.12 bits per heavy atom. The average molecular weight is 236 g/mol. The first-order valence-electron chi connectivity index (χ1n) is 6.30. The van der Waals surface area contributed by atoms with Crippen LogP contribution < -0.4 is 5.32 Å². The van der Waals surface area contributed by atoms with Gasteiger partial charge in [-0.05, 0) is 32.5 Å². The van der Waals surface area contributed by atoms with Crippen LogP contribution >= 0.6 is 0 Å². The molecule has 0 aliphatic rings. The van der Waals surface area contributed by atoms with Crippen LogP contribution in [0.25, 0.3) is 0 Å². The molecule has 1 heterocycles. The summed E-state index contributed by atoms with van der Waals surface area (Å²) < 4.78 is 5.77. The van der Waals surface area contributed by atoms with E-state index in [9.17, 15) is 0 Å². The summed E-state index contributed by atoms with van der Waals surface area (Å²) in [6, 6.07) is 4.60. The second-order valence-corrected chi connectivity index (χ2v) is 4.46. The van der Waals surface area contributed by atoms with E-state index in [0.717, 1.165) is 37.7 Å². The molecule has 1 N–H and O–H groups in total. The predicted molar refractivity (Wildman–Crippen MR) is 71.8 cm³/mol. The molecule has 0 aromatic carbocycles. The van der Waals surface area contributed by atoms with E-state index < -0.39 is 0 Å². The first-order chi connectivity index (χ1) is 8.17. The van der Waals surface area contributed by atoms with Crippen molar-refractivity contribution in [1.82, 2.24) is 10.2 Å². The van der Waals surface area contributed by atoms with Gasteiger partial charge in [0.15, 0.2) is 0 Å². The molecule has 0 radical (unpaired) electrons. The monoisotopic (exact) mass is 236 g/mol. The predicted octanol–water partition coefficient (Wildman–Crippen LogP) is 2.79. The third-order valence-corrected chi connectivity index (χ3v) is 2.72. The van der Waals surface area contributed by atoms with E-state index in [1.165, 1.54) is 0 Å². The Morgan fingerprint density at radius 1 is 1.41 bits per heavy atom. The molecule has 0 unspecified atom stereocenters. The molecule has 0 amide bonds. The second kappa shape index (κ2) is 7.30. The molecule has 0 saturated carbocycles. The van der Waals surface area contributed by atoms with Gasteiger partial charge < -0.3 is 9.73 Å². The number of furan rings is 1. The Hall–Kier alpha value is -1.06. The van der Waals surface area contributed by atoms with Gasteiger partial charge in [0, 0.05) is 12.6 Å². The molecule has 3 nitrogen and oxygen atoms in total. The van der Waals surface area contributed by atoms with Crippen molar-refractivity contribution < 1.29 is 4.42 Å². The summed E-state index contributed by atoms with van der Waals surface area (Å²) in [5.74, 6) is 2.03. The van der Waals surface area contributed by atoms with Gasteiger partial charge in [0.1, 0.15) is 11.5 Å². The van der Waals surface area contributed by atoms with Crippen molar-refractivity contribution >= 4 is 0 Å². The highest BCUT2D eigenvalue weighted by Crippen LogP contribution is 2.12. The van der Waals surface area contributed by atoms with Crippen LogP contribution in [0.3, 0.4) is 0 Å². The fraction of sp³-hybridized carbons (Fsp3) is 0.571. The van der Waals surface area contributed by atoms with Crippen molar-refractivity contribution in [2.24, 2.45) is 0 Å². The van der Waals surface area contributed by atoms with Crippen LogP contribution in [-0.2, 0) is 13.1 Å². The van der Waals surface area contributed by atoms with E-state index in [-0.39, 0.29) is 0 Å². The van der Waals surface area contributed by atoms with Crippen LogP contribution in [-0.4, -0.2) is 24.0 Å². The van der Waals surface area contributed by atoms with E-state index in [1.54, 1.807) is 0 Å². The molecule has 0 aliphatic heterocycles. The van der Waals surface area contributed by atoms with Crippen LogP contribution in [0.4, 0.5) is 0 Å². The number of hydrogen-bond donors (Lipinski definition) is 1. The fourth-order valence-electron chi connectivity index (χ4n) is 1.67. The number of nitrogens with one attached hydrogen (secondary N) is 1. The maximum Gasteiger partial charge on any atom is 0.118 e. The molecule has 0 fully saturated rings. The smallest absolute Gasteiger partial charge is 0.118 e. The zero-order valence-corrected chi connectivity index (χ0v) is 11.2. The van der Waals surface area contributed by atoms with Crippen LogP contribution in [0.15, 0.2) is 29.2 Å². The van der Waals surface area contributed by atoms with Crippen LogP contribution in [0, 0.1) is 0 Å². The average Bonchev–Trinajstić information content (AvgIpc) is 2.73. The minimum Gasteiger partial charge on any atom is -0.463 e. The summed E-state index contributed by atoms with van der Waals surface area (Å²) in [4.78, 5) is 2.32. The molecule has 17 heavy (non-hydrogen) atoms. The zero-order valence-electron chi connectivity index (χ0n) is 11.2. The largest absolute Gasteiger partial charge is 0.463 e. The summed E-state index contributed by atoms with van der Waals surface area (Å²) in [5.41, 5.74) is 0. The molecular formula is C14H24N2O. The number of hydrogen-bond acceptors (Lipinski definition) is 3. The standard InChI is InChI=1S/C14H24N2O/c1-5-9-16(12(3)4)11-14-8-7-13(17-14)10-15-6-2/h5,7-8,12,15H,1,6,9-11H2,2-4H3.